The van der Waals surface area contributed by atoms with E-state index in [-0.39, 0.29) is 0 Å². The summed E-state index contributed by atoms with van der Waals surface area (Å²) in [5.41, 5.74) is 0.705. The van der Waals surface area contributed by atoms with Crippen molar-refractivity contribution >= 4 is 5.82 Å². The molecule has 0 bridgehead atoms. The smallest absolute Gasteiger partial charge is 0.357 e. The summed E-state index contributed by atoms with van der Waals surface area (Å²) in [7, 11) is 0. The van der Waals surface area contributed by atoms with Gasteiger partial charge in [-0.3, -0.25) is 0 Å². The van der Waals surface area contributed by atoms with Gasteiger partial charge in [-0.1, -0.05) is 18.2 Å². The third-order valence-corrected chi connectivity index (χ3v) is 3.33. The maximum atomic E-state index is 12.6. The van der Waals surface area contributed by atoms with E-state index in [0.29, 0.717) is 11.3 Å². The molecular weight excluding hydrogens is 277 g/mol. The molecule has 0 spiro atoms. The van der Waals surface area contributed by atoms with Crippen LogP contribution in [0.25, 0.3) is 11.3 Å². The molecule has 0 aliphatic heterocycles. The zero-order valence-electron chi connectivity index (χ0n) is 12.0. The van der Waals surface area contributed by atoms with Gasteiger partial charge >= 0.3 is 6.18 Å². The zero-order chi connectivity index (χ0) is 15.5. The van der Waals surface area contributed by atoms with Gasteiger partial charge in [0.2, 0.25) is 0 Å². The van der Waals surface area contributed by atoms with Gasteiger partial charge in [0, 0.05) is 18.7 Å². The van der Waals surface area contributed by atoms with Crippen molar-refractivity contribution < 1.29 is 13.2 Å². The van der Waals surface area contributed by atoms with Gasteiger partial charge in [-0.25, -0.2) is 4.98 Å². The van der Waals surface area contributed by atoms with Crippen LogP contribution in [0.15, 0.2) is 42.5 Å². The Bertz CT molecular complexity index is 587. The number of halogens is 3. The Morgan fingerprint density at radius 3 is 2.10 bits per heavy atom. The van der Waals surface area contributed by atoms with Crippen LogP contribution in [-0.4, -0.2) is 18.1 Å². The Morgan fingerprint density at radius 2 is 1.57 bits per heavy atom. The van der Waals surface area contributed by atoms with Crippen molar-refractivity contribution in [3.63, 3.8) is 0 Å². The van der Waals surface area contributed by atoms with Gasteiger partial charge < -0.3 is 4.90 Å². The van der Waals surface area contributed by atoms with E-state index in [2.05, 4.69) is 9.88 Å². The number of benzene rings is 1. The van der Waals surface area contributed by atoms with Gasteiger partial charge in [-0.15, -0.1) is 0 Å². The molecular formula is C16H17F3N2. The average molecular weight is 294 g/mol. The average Bonchev–Trinajstić information content (AvgIpc) is 2.48. The zero-order valence-corrected chi connectivity index (χ0v) is 12.0. The van der Waals surface area contributed by atoms with Crippen molar-refractivity contribution in [1.29, 1.82) is 0 Å². The summed E-state index contributed by atoms with van der Waals surface area (Å²) in [6, 6.07) is 10.7. The van der Waals surface area contributed by atoms with Gasteiger partial charge in [0.15, 0.2) is 0 Å². The number of alkyl halides is 3. The lowest BCUT2D eigenvalue weighted by Crippen LogP contribution is -2.22. The second kappa shape index (κ2) is 6.16. The molecule has 0 atom stereocenters. The van der Waals surface area contributed by atoms with Crippen molar-refractivity contribution in [3.05, 3.63) is 48.0 Å². The van der Waals surface area contributed by atoms with E-state index in [1.165, 1.54) is 12.1 Å². The largest absolute Gasteiger partial charge is 0.416 e. The molecule has 5 heteroatoms. The number of hydrogen-bond acceptors (Lipinski definition) is 2. The fourth-order valence-electron chi connectivity index (χ4n) is 2.14. The lowest BCUT2D eigenvalue weighted by Gasteiger charge is -2.20. The fourth-order valence-corrected chi connectivity index (χ4v) is 2.14. The van der Waals surface area contributed by atoms with Crippen LogP contribution in [0.2, 0.25) is 0 Å². The predicted molar refractivity (Wildman–Crippen MR) is 78.2 cm³/mol. The van der Waals surface area contributed by atoms with Crippen molar-refractivity contribution in [1.82, 2.24) is 4.98 Å². The van der Waals surface area contributed by atoms with E-state index < -0.39 is 11.7 Å². The maximum Gasteiger partial charge on any atom is 0.416 e. The highest BCUT2D eigenvalue weighted by Gasteiger charge is 2.30. The first-order chi connectivity index (χ1) is 9.95. The van der Waals surface area contributed by atoms with E-state index in [0.717, 1.165) is 31.0 Å². The van der Waals surface area contributed by atoms with Gasteiger partial charge in [0.1, 0.15) is 5.82 Å². The Balaban J connectivity index is 2.32. The van der Waals surface area contributed by atoms with Crippen LogP contribution in [0, 0.1) is 0 Å². The molecule has 21 heavy (non-hydrogen) atoms. The Hall–Kier alpha value is -2.04. The second-order valence-electron chi connectivity index (χ2n) is 4.63. The highest BCUT2D eigenvalue weighted by atomic mass is 19.4. The van der Waals surface area contributed by atoms with E-state index in [1.54, 1.807) is 6.07 Å². The van der Waals surface area contributed by atoms with Gasteiger partial charge in [0.05, 0.1) is 11.3 Å². The second-order valence-corrected chi connectivity index (χ2v) is 4.63. The molecule has 2 nitrogen and oxygen atoms in total. The van der Waals surface area contributed by atoms with E-state index >= 15 is 0 Å². The third-order valence-electron chi connectivity index (χ3n) is 3.33. The van der Waals surface area contributed by atoms with E-state index in [1.807, 2.05) is 26.0 Å². The Labute approximate surface area is 122 Å². The van der Waals surface area contributed by atoms with Crippen LogP contribution in [0.4, 0.5) is 19.0 Å². The van der Waals surface area contributed by atoms with Crippen LogP contribution in [0.3, 0.4) is 0 Å². The standard InChI is InChI=1S/C16H17F3N2/c1-3-21(4-2)15-7-5-6-14(20-15)12-8-10-13(11-9-12)16(17,18)19/h5-11H,3-4H2,1-2H3. The van der Waals surface area contributed by atoms with Crippen LogP contribution in [0.5, 0.6) is 0 Å². The molecule has 0 fully saturated rings. The van der Waals surface area contributed by atoms with Crippen LogP contribution in [-0.2, 0) is 6.18 Å². The van der Waals surface area contributed by atoms with E-state index in [9.17, 15) is 13.2 Å². The molecule has 0 saturated heterocycles. The number of anilines is 1. The molecule has 1 aromatic heterocycles. The topological polar surface area (TPSA) is 16.1 Å². The van der Waals surface area contributed by atoms with Crippen LogP contribution < -0.4 is 4.90 Å². The number of aromatic nitrogens is 1. The molecule has 2 aromatic rings. The summed E-state index contributed by atoms with van der Waals surface area (Å²) in [5, 5.41) is 0. The fraction of sp³-hybridized carbons (Fsp3) is 0.312. The first-order valence-corrected chi connectivity index (χ1v) is 6.85. The number of hydrogen-bond donors (Lipinski definition) is 0. The minimum absolute atomic E-state index is 0.647. The molecule has 0 aliphatic rings. The highest BCUT2D eigenvalue weighted by molar-refractivity contribution is 5.62. The summed E-state index contributed by atoms with van der Waals surface area (Å²) in [5.74, 6) is 0.831. The summed E-state index contributed by atoms with van der Waals surface area (Å²) in [4.78, 5) is 6.61. The molecule has 0 aliphatic carbocycles. The molecule has 0 saturated carbocycles. The summed E-state index contributed by atoms with van der Waals surface area (Å²) in [6.07, 6.45) is -4.31. The number of rotatable bonds is 4. The van der Waals surface area contributed by atoms with Crippen molar-refractivity contribution in [2.75, 3.05) is 18.0 Å². The molecule has 2 rings (SSSR count). The monoisotopic (exact) mass is 294 g/mol. The molecule has 1 aromatic carbocycles. The van der Waals surface area contributed by atoms with Gasteiger partial charge in [0.25, 0.3) is 0 Å². The summed E-state index contributed by atoms with van der Waals surface area (Å²) in [6.45, 7) is 5.74. The minimum Gasteiger partial charge on any atom is -0.357 e. The van der Waals surface area contributed by atoms with Crippen molar-refractivity contribution in [2.45, 2.75) is 20.0 Å². The Kier molecular flexibility index (Phi) is 4.50. The lowest BCUT2D eigenvalue weighted by atomic mass is 10.1. The number of nitrogens with zero attached hydrogens (tertiary/aromatic N) is 2. The van der Waals surface area contributed by atoms with Gasteiger partial charge in [-0.05, 0) is 38.1 Å². The van der Waals surface area contributed by atoms with Crippen molar-refractivity contribution in [3.8, 4) is 11.3 Å². The molecule has 1 heterocycles. The Morgan fingerprint density at radius 1 is 0.952 bits per heavy atom. The quantitative estimate of drug-likeness (QED) is 0.818. The van der Waals surface area contributed by atoms with Crippen molar-refractivity contribution in [2.24, 2.45) is 0 Å². The number of pyridine rings is 1. The lowest BCUT2D eigenvalue weighted by molar-refractivity contribution is -0.137. The molecule has 0 amide bonds. The summed E-state index contributed by atoms with van der Waals surface area (Å²) >= 11 is 0. The van der Waals surface area contributed by atoms with Gasteiger partial charge in [-0.2, -0.15) is 13.2 Å². The normalized spacial score (nSPS) is 11.5. The van der Waals surface area contributed by atoms with E-state index in [4.69, 9.17) is 0 Å². The first kappa shape index (κ1) is 15.4. The first-order valence-electron chi connectivity index (χ1n) is 6.85. The molecule has 112 valence electrons. The summed E-state index contributed by atoms with van der Waals surface area (Å²) < 4.78 is 37.7. The maximum absolute atomic E-state index is 12.6. The third kappa shape index (κ3) is 3.54. The SMILES string of the molecule is CCN(CC)c1cccc(-c2ccc(C(F)(F)F)cc2)n1. The molecule has 0 unspecified atom stereocenters. The predicted octanol–water partition coefficient (Wildman–Crippen LogP) is 4.61. The highest BCUT2D eigenvalue weighted by Crippen LogP contribution is 2.30. The van der Waals surface area contributed by atoms with Crippen LogP contribution >= 0.6 is 0 Å². The molecule has 0 N–H and O–H groups in total. The molecule has 0 radical (unpaired) electrons. The minimum atomic E-state index is -4.31. The van der Waals surface area contributed by atoms with Crippen LogP contribution in [0.1, 0.15) is 19.4 Å².